The van der Waals surface area contributed by atoms with E-state index in [1.165, 1.54) is 12.1 Å². The number of nitrogens with one attached hydrogen (secondary N) is 2. The molecule has 1 aromatic carbocycles. The minimum absolute atomic E-state index is 0.120. The quantitative estimate of drug-likeness (QED) is 0.754. The van der Waals surface area contributed by atoms with Crippen LogP contribution in [-0.2, 0) is 0 Å². The van der Waals surface area contributed by atoms with E-state index in [9.17, 15) is 9.18 Å². The van der Waals surface area contributed by atoms with Crippen LogP contribution in [0.15, 0.2) is 30.3 Å². The second-order valence-electron chi connectivity index (χ2n) is 3.65. The Hall–Kier alpha value is -2.21. The number of hydrogen-bond donors (Lipinski definition) is 3. The number of H-pyrrole nitrogens is 1. The Balaban J connectivity index is 2.15. The summed E-state index contributed by atoms with van der Waals surface area (Å²) in [4.78, 5) is 11.5. The third-order valence-corrected chi connectivity index (χ3v) is 2.36. The first-order valence-electron chi connectivity index (χ1n) is 5.41. The van der Waals surface area contributed by atoms with Crippen molar-refractivity contribution in [1.82, 2.24) is 15.5 Å². The molecule has 1 amide bonds. The number of aromatic nitrogens is 2. The van der Waals surface area contributed by atoms with E-state index in [1.54, 1.807) is 18.2 Å². The van der Waals surface area contributed by atoms with Crippen LogP contribution in [0.25, 0.3) is 11.3 Å². The third kappa shape index (κ3) is 2.72. The number of benzene rings is 1. The van der Waals surface area contributed by atoms with Gasteiger partial charge < -0.3 is 10.4 Å². The van der Waals surface area contributed by atoms with Crippen LogP contribution in [0.2, 0.25) is 0 Å². The Bertz CT molecular complexity index is 537. The second-order valence-corrected chi connectivity index (χ2v) is 3.65. The van der Waals surface area contributed by atoms with Crippen molar-refractivity contribution in [2.45, 2.75) is 0 Å². The molecule has 1 aromatic heterocycles. The molecule has 5 nitrogen and oxygen atoms in total. The van der Waals surface area contributed by atoms with E-state index in [-0.39, 0.29) is 24.9 Å². The molecule has 94 valence electrons. The van der Waals surface area contributed by atoms with Gasteiger partial charge in [0.25, 0.3) is 5.91 Å². The molecule has 0 bridgehead atoms. The number of aromatic amines is 1. The summed E-state index contributed by atoms with van der Waals surface area (Å²) in [5.74, 6) is -0.667. The Morgan fingerprint density at radius 2 is 2.11 bits per heavy atom. The molecule has 3 N–H and O–H groups in total. The maximum Gasteiger partial charge on any atom is 0.269 e. The molecule has 0 unspecified atom stereocenters. The zero-order chi connectivity index (χ0) is 13.0. The first kappa shape index (κ1) is 12.3. The molecule has 2 rings (SSSR count). The molecule has 0 saturated carbocycles. The maximum absolute atomic E-state index is 12.8. The fourth-order valence-electron chi connectivity index (χ4n) is 1.47. The van der Waals surface area contributed by atoms with Gasteiger partial charge in [0.15, 0.2) is 0 Å². The van der Waals surface area contributed by atoms with Crippen molar-refractivity contribution >= 4 is 5.91 Å². The number of halogens is 1. The molecule has 0 radical (unpaired) electrons. The Morgan fingerprint density at radius 3 is 2.78 bits per heavy atom. The van der Waals surface area contributed by atoms with Gasteiger partial charge in [0, 0.05) is 12.1 Å². The van der Waals surface area contributed by atoms with Gasteiger partial charge in [-0.3, -0.25) is 9.89 Å². The van der Waals surface area contributed by atoms with Gasteiger partial charge in [-0.1, -0.05) is 0 Å². The molecule has 0 spiro atoms. The summed E-state index contributed by atoms with van der Waals surface area (Å²) in [6.07, 6.45) is 0. The van der Waals surface area contributed by atoms with Crippen molar-refractivity contribution < 1.29 is 14.3 Å². The summed E-state index contributed by atoms with van der Waals surface area (Å²) in [6.45, 7) is 0.0639. The lowest BCUT2D eigenvalue weighted by Gasteiger charge is -1.98. The summed E-state index contributed by atoms with van der Waals surface area (Å²) < 4.78 is 12.8. The molecule has 0 aliphatic rings. The minimum Gasteiger partial charge on any atom is -0.395 e. The van der Waals surface area contributed by atoms with Crippen LogP contribution < -0.4 is 5.32 Å². The SMILES string of the molecule is O=C(NCCO)c1cc(-c2ccc(F)cc2)n[nH]1. The summed E-state index contributed by atoms with van der Waals surface area (Å²) >= 11 is 0. The zero-order valence-corrected chi connectivity index (χ0v) is 9.48. The van der Waals surface area contributed by atoms with Crippen molar-refractivity contribution in [1.29, 1.82) is 0 Å². The smallest absolute Gasteiger partial charge is 0.269 e. The highest BCUT2D eigenvalue weighted by molar-refractivity contribution is 5.93. The van der Waals surface area contributed by atoms with Crippen molar-refractivity contribution in [2.75, 3.05) is 13.2 Å². The van der Waals surface area contributed by atoms with Gasteiger partial charge in [-0.05, 0) is 30.3 Å². The molecule has 0 aliphatic carbocycles. The van der Waals surface area contributed by atoms with Crippen LogP contribution in [-0.4, -0.2) is 34.4 Å². The molecule has 6 heteroatoms. The number of aliphatic hydroxyl groups is 1. The predicted molar refractivity (Wildman–Crippen MR) is 63.4 cm³/mol. The molecule has 0 aliphatic heterocycles. The van der Waals surface area contributed by atoms with E-state index in [2.05, 4.69) is 15.5 Å². The molecule has 1 heterocycles. The number of carbonyl (C=O) groups excluding carboxylic acids is 1. The van der Waals surface area contributed by atoms with E-state index in [1.807, 2.05) is 0 Å². The van der Waals surface area contributed by atoms with Crippen LogP contribution in [0, 0.1) is 5.82 Å². The average Bonchev–Trinajstić information content (AvgIpc) is 2.86. The maximum atomic E-state index is 12.8. The molecule has 2 aromatic rings. The number of amides is 1. The minimum atomic E-state index is -0.343. The van der Waals surface area contributed by atoms with E-state index < -0.39 is 0 Å². The summed E-state index contributed by atoms with van der Waals surface area (Å²) in [7, 11) is 0. The van der Waals surface area contributed by atoms with Crippen molar-refractivity contribution in [3.63, 3.8) is 0 Å². The van der Waals surface area contributed by atoms with E-state index >= 15 is 0 Å². The van der Waals surface area contributed by atoms with Crippen molar-refractivity contribution in [2.24, 2.45) is 0 Å². The third-order valence-electron chi connectivity index (χ3n) is 2.36. The second kappa shape index (κ2) is 5.42. The van der Waals surface area contributed by atoms with Gasteiger partial charge in [0.1, 0.15) is 11.5 Å². The van der Waals surface area contributed by atoms with Gasteiger partial charge in [-0.25, -0.2) is 4.39 Å². The lowest BCUT2D eigenvalue weighted by Crippen LogP contribution is -2.26. The number of hydrogen-bond acceptors (Lipinski definition) is 3. The molecule has 0 fully saturated rings. The summed E-state index contributed by atoms with van der Waals surface area (Å²) in [5.41, 5.74) is 1.57. The van der Waals surface area contributed by atoms with Crippen molar-refractivity contribution in [3.8, 4) is 11.3 Å². The summed E-state index contributed by atoms with van der Waals surface area (Å²) in [5, 5.41) is 17.7. The van der Waals surface area contributed by atoms with Crippen LogP contribution in [0.3, 0.4) is 0 Å². The first-order chi connectivity index (χ1) is 8.70. The number of rotatable bonds is 4. The standard InChI is InChI=1S/C12H12FN3O2/c13-9-3-1-8(2-4-9)10-7-11(16-15-10)12(18)14-5-6-17/h1-4,7,17H,5-6H2,(H,14,18)(H,15,16). The lowest BCUT2D eigenvalue weighted by atomic mass is 10.1. The highest BCUT2D eigenvalue weighted by Crippen LogP contribution is 2.17. The number of aliphatic hydroxyl groups excluding tert-OH is 1. The normalized spacial score (nSPS) is 10.3. The molecular weight excluding hydrogens is 237 g/mol. The predicted octanol–water partition coefficient (Wildman–Crippen LogP) is 0.938. The average molecular weight is 249 g/mol. The van der Waals surface area contributed by atoms with E-state index in [4.69, 9.17) is 5.11 Å². The monoisotopic (exact) mass is 249 g/mol. The van der Waals surface area contributed by atoms with Crippen LogP contribution in [0.4, 0.5) is 4.39 Å². The van der Waals surface area contributed by atoms with Crippen LogP contribution in [0.5, 0.6) is 0 Å². The van der Waals surface area contributed by atoms with Gasteiger partial charge >= 0.3 is 0 Å². The largest absolute Gasteiger partial charge is 0.395 e. The van der Waals surface area contributed by atoms with E-state index in [0.29, 0.717) is 17.0 Å². The lowest BCUT2D eigenvalue weighted by molar-refractivity contribution is 0.0940. The Labute approximate surface area is 103 Å². The fourth-order valence-corrected chi connectivity index (χ4v) is 1.47. The zero-order valence-electron chi connectivity index (χ0n) is 9.48. The van der Waals surface area contributed by atoms with Gasteiger partial charge in [-0.15, -0.1) is 0 Å². The van der Waals surface area contributed by atoms with Crippen LogP contribution in [0.1, 0.15) is 10.5 Å². The highest BCUT2D eigenvalue weighted by Gasteiger charge is 2.10. The van der Waals surface area contributed by atoms with Gasteiger partial charge in [0.05, 0.1) is 12.3 Å². The van der Waals surface area contributed by atoms with E-state index in [0.717, 1.165) is 0 Å². The molecular formula is C12H12FN3O2. The van der Waals surface area contributed by atoms with Crippen LogP contribution >= 0.6 is 0 Å². The highest BCUT2D eigenvalue weighted by atomic mass is 19.1. The fraction of sp³-hybridized carbons (Fsp3) is 0.167. The topological polar surface area (TPSA) is 78.0 Å². The Kier molecular flexibility index (Phi) is 3.69. The number of nitrogens with zero attached hydrogens (tertiary/aromatic N) is 1. The summed E-state index contributed by atoms with van der Waals surface area (Å²) in [6, 6.07) is 7.40. The first-order valence-corrected chi connectivity index (χ1v) is 5.41. The number of carbonyl (C=O) groups is 1. The van der Waals surface area contributed by atoms with Gasteiger partial charge in [0.2, 0.25) is 0 Å². The molecule has 18 heavy (non-hydrogen) atoms. The van der Waals surface area contributed by atoms with Crippen molar-refractivity contribution in [3.05, 3.63) is 41.8 Å². The molecule has 0 saturated heterocycles. The molecule has 0 atom stereocenters. The van der Waals surface area contributed by atoms with Gasteiger partial charge in [-0.2, -0.15) is 5.10 Å². The Morgan fingerprint density at radius 1 is 1.39 bits per heavy atom.